The second kappa shape index (κ2) is 3.91. The summed E-state index contributed by atoms with van der Waals surface area (Å²) in [6, 6.07) is 0. The number of hydrogen-bond donors (Lipinski definition) is 1. The highest BCUT2D eigenvalue weighted by Gasteiger charge is 2.46. The van der Waals surface area contributed by atoms with Gasteiger partial charge in [0, 0.05) is 5.25 Å². The minimum atomic E-state index is -0.0686. The molecule has 0 aliphatic heterocycles. The van der Waals surface area contributed by atoms with Crippen molar-refractivity contribution in [3.05, 3.63) is 0 Å². The molecule has 1 saturated carbocycles. The van der Waals surface area contributed by atoms with Crippen molar-refractivity contribution in [1.29, 1.82) is 0 Å². The Labute approximate surface area is 85.4 Å². The normalized spacial score (nSPS) is 35.8. The van der Waals surface area contributed by atoms with Crippen molar-refractivity contribution in [2.45, 2.75) is 38.4 Å². The van der Waals surface area contributed by atoms with E-state index in [0.717, 1.165) is 19.3 Å². The van der Waals surface area contributed by atoms with E-state index in [1.54, 1.807) is 0 Å². The molecule has 0 radical (unpaired) electrons. The van der Waals surface area contributed by atoms with Crippen LogP contribution in [-0.2, 0) is 9.53 Å². The maximum absolute atomic E-state index is 11.5. The van der Waals surface area contributed by atoms with Crippen LogP contribution >= 0.6 is 12.6 Å². The van der Waals surface area contributed by atoms with Gasteiger partial charge in [0.25, 0.3) is 0 Å². The smallest absolute Gasteiger partial charge is 0.309 e. The lowest BCUT2D eigenvalue weighted by Crippen LogP contribution is -2.35. The third-order valence-electron chi connectivity index (χ3n) is 3.44. The number of carbonyl (C=O) groups excluding carboxylic acids is 1. The number of carbonyl (C=O) groups is 1. The van der Waals surface area contributed by atoms with E-state index < -0.39 is 0 Å². The molecule has 1 aliphatic rings. The van der Waals surface area contributed by atoms with Crippen LogP contribution in [0.1, 0.15) is 33.1 Å². The minimum Gasteiger partial charge on any atom is -0.469 e. The van der Waals surface area contributed by atoms with Gasteiger partial charge in [-0.15, -0.1) is 0 Å². The summed E-state index contributed by atoms with van der Waals surface area (Å²) in [5, 5.41) is 0.249. The van der Waals surface area contributed by atoms with Gasteiger partial charge in [-0.2, -0.15) is 12.6 Å². The van der Waals surface area contributed by atoms with E-state index in [4.69, 9.17) is 4.74 Å². The zero-order chi connectivity index (χ0) is 10.1. The van der Waals surface area contributed by atoms with Gasteiger partial charge < -0.3 is 4.74 Å². The molecule has 0 bridgehead atoms. The monoisotopic (exact) mass is 202 g/mol. The van der Waals surface area contributed by atoms with E-state index in [-0.39, 0.29) is 22.6 Å². The van der Waals surface area contributed by atoms with Gasteiger partial charge in [0.2, 0.25) is 0 Å². The molecule has 0 aromatic heterocycles. The van der Waals surface area contributed by atoms with E-state index in [9.17, 15) is 4.79 Å². The zero-order valence-corrected chi connectivity index (χ0v) is 9.43. The van der Waals surface area contributed by atoms with Crippen molar-refractivity contribution in [2.24, 2.45) is 11.3 Å². The summed E-state index contributed by atoms with van der Waals surface area (Å²) in [5.41, 5.74) is 0.0240. The molecule has 3 heteroatoms. The number of ether oxygens (including phenoxy) is 1. The largest absolute Gasteiger partial charge is 0.469 e. The molecule has 2 nitrogen and oxygen atoms in total. The van der Waals surface area contributed by atoms with Crippen LogP contribution in [0.15, 0.2) is 0 Å². The van der Waals surface area contributed by atoms with Gasteiger partial charge in [0.1, 0.15) is 0 Å². The average molecular weight is 202 g/mol. The fraction of sp³-hybridized carbons (Fsp3) is 0.900. The number of esters is 1. The third kappa shape index (κ3) is 1.85. The van der Waals surface area contributed by atoms with Crippen LogP contribution in [0.5, 0.6) is 0 Å². The summed E-state index contributed by atoms with van der Waals surface area (Å²) in [6.45, 7) is 4.20. The lowest BCUT2D eigenvalue weighted by molar-refractivity contribution is -0.148. The third-order valence-corrected chi connectivity index (χ3v) is 4.03. The Morgan fingerprint density at radius 1 is 1.69 bits per heavy atom. The molecule has 1 fully saturated rings. The predicted molar refractivity (Wildman–Crippen MR) is 55.9 cm³/mol. The lowest BCUT2D eigenvalue weighted by Gasteiger charge is -2.33. The van der Waals surface area contributed by atoms with Crippen molar-refractivity contribution >= 4 is 18.6 Å². The van der Waals surface area contributed by atoms with Crippen molar-refractivity contribution in [3.63, 3.8) is 0 Å². The Kier molecular flexibility index (Phi) is 3.28. The van der Waals surface area contributed by atoms with E-state index in [0.29, 0.717) is 0 Å². The second-order valence-corrected chi connectivity index (χ2v) is 4.92. The molecule has 0 aromatic rings. The van der Waals surface area contributed by atoms with Crippen LogP contribution < -0.4 is 0 Å². The molecule has 76 valence electrons. The molecule has 1 unspecified atom stereocenters. The molecule has 1 aliphatic carbocycles. The highest BCUT2D eigenvalue weighted by molar-refractivity contribution is 7.81. The first-order valence-corrected chi connectivity index (χ1v) is 5.30. The van der Waals surface area contributed by atoms with Crippen molar-refractivity contribution in [1.82, 2.24) is 0 Å². The maximum atomic E-state index is 11.5. The van der Waals surface area contributed by atoms with Crippen molar-refractivity contribution in [2.75, 3.05) is 7.11 Å². The van der Waals surface area contributed by atoms with E-state index in [1.807, 2.05) is 0 Å². The highest BCUT2D eigenvalue weighted by atomic mass is 32.1. The second-order valence-electron chi connectivity index (χ2n) is 4.15. The fourth-order valence-electron chi connectivity index (χ4n) is 2.22. The van der Waals surface area contributed by atoms with E-state index in [2.05, 4.69) is 26.5 Å². The molecular weight excluding hydrogens is 184 g/mol. The molecule has 1 rings (SSSR count). The zero-order valence-electron chi connectivity index (χ0n) is 8.54. The Bertz CT molecular complexity index is 203. The minimum absolute atomic E-state index is 0.0240. The Balaban J connectivity index is 2.79. The molecule has 0 spiro atoms. The van der Waals surface area contributed by atoms with E-state index in [1.165, 1.54) is 7.11 Å². The summed E-state index contributed by atoms with van der Waals surface area (Å²) < 4.78 is 4.81. The number of thiol groups is 1. The molecule has 0 saturated heterocycles. The number of methoxy groups -OCH3 is 1. The number of hydrogen-bond acceptors (Lipinski definition) is 3. The molecule has 3 atom stereocenters. The first-order valence-electron chi connectivity index (χ1n) is 4.78. The standard InChI is InChI=1S/C10H18O2S/c1-7(13)10(2)6-4-5-8(10)9(11)12-3/h7-8,13H,4-6H2,1-3H3/t7?,8-,10+/m1/s1. The quantitative estimate of drug-likeness (QED) is 0.549. The summed E-state index contributed by atoms with van der Waals surface area (Å²) >= 11 is 4.46. The topological polar surface area (TPSA) is 26.3 Å². The van der Waals surface area contributed by atoms with Gasteiger partial charge in [-0.25, -0.2) is 0 Å². The molecule has 0 heterocycles. The molecular formula is C10H18O2S. The van der Waals surface area contributed by atoms with Crippen LogP contribution in [0.3, 0.4) is 0 Å². The van der Waals surface area contributed by atoms with Crippen molar-refractivity contribution < 1.29 is 9.53 Å². The summed E-state index contributed by atoms with van der Waals surface area (Å²) in [4.78, 5) is 11.5. The maximum Gasteiger partial charge on any atom is 0.309 e. The molecule has 0 N–H and O–H groups in total. The molecule has 0 aromatic carbocycles. The summed E-state index contributed by atoms with van der Waals surface area (Å²) in [6.07, 6.45) is 3.15. The number of rotatable bonds is 2. The summed E-state index contributed by atoms with van der Waals surface area (Å²) in [7, 11) is 1.46. The van der Waals surface area contributed by atoms with Crippen molar-refractivity contribution in [3.8, 4) is 0 Å². The average Bonchev–Trinajstić information content (AvgIpc) is 2.47. The van der Waals surface area contributed by atoms with Gasteiger partial charge in [-0.1, -0.05) is 20.3 Å². The summed E-state index contributed by atoms with van der Waals surface area (Å²) in [5.74, 6) is -0.0223. The predicted octanol–water partition coefficient (Wildman–Crippen LogP) is 2.28. The SMILES string of the molecule is COC(=O)[C@H]1CCC[C@@]1(C)C(C)S. The van der Waals surface area contributed by atoms with Gasteiger partial charge in [0.15, 0.2) is 0 Å². The van der Waals surface area contributed by atoms with Gasteiger partial charge in [-0.3, -0.25) is 4.79 Å². The van der Waals surface area contributed by atoms with E-state index >= 15 is 0 Å². The van der Waals surface area contributed by atoms with Crippen LogP contribution in [0, 0.1) is 11.3 Å². The van der Waals surface area contributed by atoms with Crippen LogP contribution in [0.2, 0.25) is 0 Å². The van der Waals surface area contributed by atoms with Crippen LogP contribution in [0.4, 0.5) is 0 Å². The van der Waals surface area contributed by atoms with Gasteiger partial charge >= 0.3 is 5.97 Å². The fourth-order valence-corrected chi connectivity index (χ4v) is 2.53. The molecule has 13 heavy (non-hydrogen) atoms. The lowest BCUT2D eigenvalue weighted by atomic mass is 9.77. The molecule has 0 amide bonds. The van der Waals surface area contributed by atoms with Gasteiger partial charge in [0.05, 0.1) is 13.0 Å². The first kappa shape index (κ1) is 10.9. The highest BCUT2D eigenvalue weighted by Crippen LogP contribution is 2.47. The Morgan fingerprint density at radius 2 is 2.31 bits per heavy atom. The Hall–Kier alpha value is -0.180. The van der Waals surface area contributed by atoms with Crippen LogP contribution in [0.25, 0.3) is 0 Å². The first-order chi connectivity index (χ1) is 6.02. The van der Waals surface area contributed by atoms with Gasteiger partial charge in [-0.05, 0) is 18.3 Å². The Morgan fingerprint density at radius 3 is 2.77 bits per heavy atom. The van der Waals surface area contributed by atoms with Crippen LogP contribution in [-0.4, -0.2) is 18.3 Å².